The summed E-state index contributed by atoms with van der Waals surface area (Å²) in [5, 5.41) is 0. The molecule has 105 unspecified atom stereocenters. The first-order chi connectivity index (χ1) is 66.1. The van der Waals surface area contributed by atoms with E-state index in [-0.39, 0.29) is 0 Å². The van der Waals surface area contributed by atoms with Crippen LogP contribution in [0.15, 0.2) is 12.7 Å². The molecule has 31 spiro atoms. The Labute approximate surface area is 800 Å². The highest BCUT2D eigenvalue weighted by molar-refractivity contribution is 6.13. The highest BCUT2D eigenvalue weighted by atomic mass is 15.5. The topological polar surface area (TPSA) is 0 Å². The fraction of sp³-hybridized carbons (Fsp3) is 0.985. The second kappa shape index (κ2) is 11.6. The van der Waals surface area contributed by atoms with Crippen molar-refractivity contribution in [3.05, 3.63) is 12.7 Å². The van der Waals surface area contributed by atoms with Gasteiger partial charge in [-0.05, 0) is 703 Å². The molecule has 0 bridgehead atoms. The van der Waals surface area contributed by atoms with E-state index in [2.05, 4.69) is 90.1 Å². The van der Waals surface area contributed by atoms with E-state index < -0.39 is 0 Å². The Morgan fingerprint density at radius 3 is 1.41 bits per heavy atom. The van der Waals surface area contributed by atoms with Gasteiger partial charge in [0.2, 0.25) is 0 Å². The van der Waals surface area contributed by atoms with Crippen LogP contribution in [-0.4, -0.2) is 7.85 Å². The van der Waals surface area contributed by atoms with Crippen molar-refractivity contribution < 1.29 is 0 Å². The lowest BCUT2D eigenvalue weighted by molar-refractivity contribution is -0.893. The minimum Gasteiger partial charge on any atom is -0.103 e. The van der Waals surface area contributed by atoms with Gasteiger partial charge in [0.05, 0.1) is 0 Å². The van der Waals surface area contributed by atoms with Crippen LogP contribution in [0.1, 0.15) is 166 Å². The Hall–Kier alpha value is -0.195. The smallest absolute Gasteiger partial charge is 0.103 e. The number of rotatable bonds is 3. The van der Waals surface area contributed by atoms with Crippen LogP contribution >= 0.6 is 0 Å². The molecular formula is C135H135B. The lowest BCUT2D eigenvalue weighted by Crippen LogP contribution is -3.33. The second-order valence-electron chi connectivity index (χ2n) is 80.0. The standard InChI is InChI=1S/C135H135B/c1-13-31-17-36-37-20-39-48-30(5)113-43(49-42-21-97(6,115(39,42)124(48,49)113)111(37,28(2)3)106(36)25-41-50-47-55-67-92-93-94(136)34-19-35(34)116(93)98(7,32-14-15-32)95-46-24-105(55,118(46,67)135(92,95)116)96(47)109(31,50)100(41,106)9)23-104(113)22-40-51-63-78-86-77-76-79-66-54-45-27-108-59(73-83-89-82-72-58-71-65-53-44-26-107(51,99(40,104)8)119(44,63)126(53,78)128(65,86)121(71,77)103(58,12)122(72,76)129(79,82)132(66,89)127(54,83)120(45,73)108)69-56-68-57-70-81-88-91-90-85-75-62-60-61-74-84-87-80-64-52-38-18-33-16-29(4)112(69,108)101(56,10)114(33,68)102(57,11)117(38,70)125(52,81)131(64,88)134(80,91)133(87,90)130(84,85)123(74,75)110(60,61)62/h13,28-96H,1,14-27,136H2,2-12H3/t29?,30?,31?,33?,34-,35?,36?,37?,38?,39?,40?,41?,42?,43?,44?,45?,46?,47?,48?,49?,50?,51?,52?,53?,54?,55?,56?,57?,58?,59?,60?,61?,62?,63?,64?,65?,66?,67?,68?,69?,70?,71?,72?,73?,74?,75?,76?,77?,78?,79?,80?,81?,82?,83?,84?,85?,86?,87?,88?,89?,90?,91?,92?,93?,94?,95?,96?,97?,98?,99?,100?,101?,102?,103?,104?,105?,106?,107?,108?,109?,110?,111?,112?,113?,114?,115?,116?,117?,118?,119?,120?,121?,122?,123?,124?,125?,126?,127?,128?,129?,130?,131?,132?,133?,134?,135?/m1/s1. The second-order valence-corrected chi connectivity index (χ2v) is 80.0. The molecule has 136 heavy (non-hydrogen) atoms. The summed E-state index contributed by atoms with van der Waals surface area (Å²) in [6, 6.07) is 0. The summed E-state index contributed by atoms with van der Waals surface area (Å²) in [5.74, 6) is 85.7. The fourth-order valence-corrected chi connectivity index (χ4v) is 112. The van der Waals surface area contributed by atoms with Crippen molar-refractivity contribution in [2.45, 2.75) is 172 Å². The normalized spacial score (nSPS) is 112. The van der Waals surface area contributed by atoms with Gasteiger partial charge in [-0.25, -0.2) is 0 Å². The molecule has 0 N–H and O–H groups in total. The van der Waals surface area contributed by atoms with Gasteiger partial charge in [0.15, 0.2) is 0 Å². The minimum atomic E-state index is 0.611. The minimum absolute atomic E-state index is 0.611. The molecule has 68 saturated carbocycles. The summed E-state index contributed by atoms with van der Waals surface area (Å²) >= 11 is 0. The maximum Gasteiger partial charge on any atom is 0.106 e. The molecule has 1 heteroatoms. The number of fused-ring (bicyclic) bond motifs is 58. The molecule has 0 nitrogen and oxygen atoms in total. The van der Waals surface area contributed by atoms with Crippen molar-refractivity contribution in [2.24, 2.45) is 614 Å². The molecule has 68 rings (SSSR count). The molecule has 106 atom stereocenters. The zero-order valence-electron chi connectivity index (χ0n) is 82.5. The third-order valence-corrected chi connectivity index (χ3v) is 97.9. The molecule has 0 heterocycles. The first-order valence-corrected chi connectivity index (χ1v) is 65.7. The van der Waals surface area contributed by atoms with Gasteiger partial charge in [-0.1, -0.05) is 88.1 Å². The lowest BCUT2D eigenvalue weighted by atomic mass is 8.68. The van der Waals surface area contributed by atoms with Crippen LogP contribution in [-0.2, 0) is 0 Å². The van der Waals surface area contributed by atoms with Gasteiger partial charge in [-0.3, -0.25) is 0 Å². The summed E-state index contributed by atoms with van der Waals surface area (Å²) in [6.45, 7) is 40.9. The quantitative estimate of drug-likeness (QED) is 0.195. The molecule has 0 amide bonds. The molecule has 0 radical (unpaired) electrons. The van der Waals surface area contributed by atoms with Crippen LogP contribution in [0.2, 0.25) is 5.82 Å². The molecule has 0 aromatic carbocycles. The average Bonchev–Trinajstić information content (AvgIpc) is 1.18. The predicted octanol–water partition coefficient (Wildman–Crippen LogP) is 19.6. The first kappa shape index (κ1) is 60.0. The Morgan fingerprint density at radius 1 is 0.272 bits per heavy atom. The molecule has 68 aliphatic carbocycles. The van der Waals surface area contributed by atoms with Crippen molar-refractivity contribution in [1.82, 2.24) is 0 Å². The maximum absolute atomic E-state index is 5.21. The van der Waals surface area contributed by atoms with Crippen molar-refractivity contribution >= 4 is 7.85 Å². The van der Waals surface area contributed by atoms with Crippen molar-refractivity contribution in [1.29, 1.82) is 0 Å². The van der Waals surface area contributed by atoms with E-state index in [0.29, 0.717) is 27.1 Å². The molecule has 678 valence electrons. The number of hydrogen-bond acceptors (Lipinski definition) is 0. The third kappa shape index (κ3) is 2.26. The Bertz CT molecular complexity index is 8100. The molecule has 68 aliphatic rings. The number of allylic oxidation sites excluding steroid dienone is 1. The van der Waals surface area contributed by atoms with Crippen LogP contribution in [0.25, 0.3) is 0 Å². The van der Waals surface area contributed by atoms with Crippen LogP contribution in [0.3, 0.4) is 0 Å². The highest BCUT2D eigenvalue weighted by Gasteiger charge is 3.42. The largest absolute Gasteiger partial charge is 0.106 e. The lowest BCUT2D eigenvalue weighted by Gasteiger charge is -3.35. The predicted molar refractivity (Wildman–Crippen MR) is 482 cm³/mol. The monoisotopic (exact) mass is 1770 g/mol. The number of hydrogen-bond donors (Lipinski definition) is 0. The third-order valence-electron chi connectivity index (χ3n) is 97.9. The molecule has 68 fully saturated rings. The molecule has 0 aromatic rings. The van der Waals surface area contributed by atoms with E-state index in [1.54, 1.807) is 57.8 Å². The van der Waals surface area contributed by atoms with Gasteiger partial charge in [-0.15, -0.1) is 6.58 Å². The van der Waals surface area contributed by atoms with E-state index in [1.165, 1.54) is 320 Å². The van der Waals surface area contributed by atoms with Gasteiger partial charge in [0, 0.05) is 0 Å². The maximum atomic E-state index is 5.21. The first-order valence-electron chi connectivity index (χ1n) is 65.7. The van der Waals surface area contributed by atoms with Gasteiger partial charge < -0.3 is 0 Å². The fourth-order valence-electron chi connectivity index (χ4n) is 112. The summed E-state index contributed by atoms with van der Waals surface area (Å²) in [5.41, 5.74) is 33.8. The Balaban J connectivity index is 0.304. The van der Waals surface area contributed by atoms with Gasteiger partial charge >= 0.3 is 0 Å². The molecule has 0 saturated heterocycles. The van der Waals surface area contributed by atoms with E-state index >= 15 is 0 Å². The van der Waals surface area contributed by atoms with Crippen LogP contribution < -0.4 is 0 Å². The Morgan fingerprint density at radius 2 is 0.750 bits per heavy atom. The summed E-state index contributed by atoms with van der Waals surface area (Å²) < 4.78 is 0. The van der Waals surface area contributed by atoms with E-state index in [1.807, 2.05) is 32.1 Å². The van der Waals surface area contributed by atoms with Crippen LogP contribution in [0.4, 0.5) is 0 Å². The summed E-state index contributed by atoms with van der Waals surface area (Å²) in [4.78, 5) is 0. The van der Waals surface area contributed by atoms with Crippen molar-refractivity contribution in [3.63, 3.8) is 0 Å². The van der Waals surface area contributed by atoms with Gasteiger partial charge in [-0.2, -0.15) is 0 Å². The molecular weight excluding hydrogens is 1630 g/mol. The van der Waals surface area contributed by atoms with E-state index in [9.17, 15) is 0 Å². The molecule has 0 aliphatic heterocycles. The Kier molecular flexibility index (Phi) is 5.13. The zero-order chi connectivity index (χ0) is 82.9. The SMILES string of the molecule is BC1C2C3C4C5C6C7C8CC9%10C(CC(C=C)C7(C6C56CC5C7C(C)(C%11CC%11)C2(C2C[C@@H]12)C37C546)C89C)C1CC2C3C(C)C45C(CC46CC4C7C8C9C%11C%12C%13C%14C%15C%16C%17CC%18%19C(C%20C%21C%22C%23C%24C%25C%26C%27C%28C%29C%30C%31C%32C%33C%34C%35C%36C%37C%38C%39C%40CC%41CC(C)C%20%18C%21(C)C%41%22C%23(C)C%40%24C%39%25C%38%26C%37%27C%36%28C%35%29C%34%30C%32%33%31)C%18C%20C%21C%22C%23C%24C%25C%26C%27C%28CC7(C46C)C%288C%279C%26%11C%25%12C%24(C)C%13%23C%14%22C%15%21C%16%20C%17%18%19)C4C6CC(C)(C1%10C(C)C)C26C345. The zero-order valence-corrected chi connectivity index (χ0v) is 82.5. The van der Waals surface area contributed by atoms with Gasteiger partial charge in [0.1, 0.15) is 7.85 Å². The summed E-state index contributed by atoms with van der Waals surface area (Å²) in [6.07, 6.45) is 27.5. The van der Waals surface area contributed by atoms with E-state index in [0.717, 1.165) is 273 Å². The van der Waals surface area contributed by atoms with Crippen LogP contribution in [0, 0.1) is 614 Å². The average molecular weight is 1770 g/mol. The molecule has 0 aromatic heterocycles. The van der Waals surface area contributed by atoms with Gasteiger partial charge in [0.25, 0.3) is 0 Å². The highest BCUT2D eigenvalue weighted by Crippen LogP contribution is 3.45. The van der Waals surface area contributed by atoms with Crippen molar-refractivity contribution in [3.8, 4) is 0 Å². The van der Waals surface area contributed by atoms with E-state index in [4.69, 9.17) is 6.58 Å². The summed E-state index contributed by atoms with van der Waals surface area (Å²) in [7, 11) is 2.89. The van der Waals surface area contributed by atoms with Crippen LogP contribution in [0.5, 0.6) is 0 Å². The van der Waals surface area contributed by atoms with Crippen molar-refractivity contribution in [2.75, 3.05) is 0 Å².